The Labute approximate surface area is 184 Å². The maximum Gasteiger partial charge on any atom is 0.242 e. The number of sulfonamides is 1. The molecule has 1 N–H and O–H groups in total. The first-order chi connectivity index (χ1) is 14.7. The molecule has 0 saturated carbocycles. The zero-order valence-corrected chi connectivity index (χ0v) is 19.4. The Morgan fingerprint density at radius 2 is 1.68 bits per heavy atom. The number of methoxy groups -OCH3 is 2. The van der Waals surface area contributed by atoms with Crippen molar-refractivity contribution < 1.29 is 27.4 Å². The molecular formula is C22H30N2O6S. The van der Waals surface area contributed by atoms with E-state index < -0.39 is 10.0 Å². The zero-order valence-electron chi connectivity index (χ0n) is 18.5. The zero-order chi connectivity index (χ0) is 23.0. The van der Waals surface area contributed by atoms with Gasteiger partial charge >= 0.3 is 0 Å². The largest absolute Gasteiger partial charge is 0.496 e. The summed E-state index contributed by atoms with van der Waals surface area (Å²) in [6.45, 7) is 2.13. The smallest absolute Gasteiger partial charge is 0.242 e. The number of amides is 1. The maximum atomic E-state index is 12.4. The Bertz CT molecular complexity index is 991. The number of nitrogens with zero attached hydrogens (tertiary/aromatic N) is 1. The van der Waals surface area contributed by atoms with Gasteiger partial charge in [0.25, 0.3) is 0 Å². The van der Waals surface area contributed by atoms with E-state index in [-0.39, 0.29) is 29.9 Å². The predicted molar refractivity (Wildman–Crippen MR) is 118 cm³/mol. The fourth-order valence-electron chi connectivity index (χ4n) is 2.91. The molecule has 170 valence electrons. The topological polar surface area (TPSA) is 94.2 Å². The molecule has 1 amide bonds. The van der Waals surface area contributed by atoms with Crippen LogP contribution in [0.5, 0.6) is 17.2 Å². The van der Waals surface area contributed by atoms with Gasteiger partial charge in [-0.05, 0) is 49.2 Å². The Hall–Kier alpha value is -2.78. The highest BCUT2D eigenvalue weighted by atomic mass is 32.2. The van der Waals surface area contributed by atoms with E-state index in [1.54, 1.807) is 31.4 Å². The van der Waals surface area contributed by atoms with Crippen LogP contribution in [0.4, 0.5) is 0 Å². The molecule has 0 aromatic heterocycles. The number of nitrogens with one attached hydrogen (secondary N) is 1. The fraction of sp³-hybridized carbons (Fsp3) is 0.409. The molecule has 31 heavy (non-hydrogen) atoms. The number of carbonyl (C=O) groups is 1. The summed E-state index contributed by atoms with van der Waals surface area (Å²) in [5, 5.41) is 2.89. The van der Waals surface area contributed by atoms with Gasteiger partial charge in [-0.15, -0.1) is 0 Å². The molecule has 1 atom stereocenters. The number of carbonyl (C=O) groups excluding carboxylic acids is 1. The summed E-state index contributed by atoms with van der Waals surface area (Å²) < 4.78 is 42.2. The molecule has 0 heterocycles. The van der Waals surface area contributed by atoms with E-state index in [0.717, 1.165) is 4.31 Å². The molecule has 2 rings (SSSR count). The van der Waals surface area contributed by atoms with Gasteiger partial charge < -0.3 is 19.5 Å². The highest BCUT2D eigenvalue weighted by molar-refractivity contribution is 7.89. The first-order valence-electron chi connectivity index (χ1n) is 9.83. The molecule has 0 bridgehead atoms. The van der Waals surface area contributed by atoms with Crippen LogP contribution in [0.25, 0.3) is 0 Å². The van der Waals surface area contributed by atoms with Crippen LogP contribution in [0.1, 0.15) is 18.9 Å². The van der Waals surface area contributed by atoms with Crippen LogP contribution in [0.2, 0.25) is 0 Å². The Kier molecular flexibility index (Phi) is 8.70. The minimum Gasteiger partial charge on any atom is -0.496 e. The first kappa shape index (κ1) is 24.5. The van der Waals surface area contributed by atoms with Crippen LogP contribution in [0.15, 0.2) is 47.4 Å². The molecule has 0 saturated heterocycles. The van der Waals surface area contributed by atoms with Gasteiger partial charge in [0.1, 0.15) is 12.4 Å². The van der Waals surface area contributed by atoms with Gasteiger partial charge in [0, 0.05) is 20.5 Å². The van der Waals surface area contributed by atoms with Gasteiger partial charge in [-0.1, -0.05) is 12.1 Å². The molecule has 9 heteroatoms. The van der Waals surface area contributed by atoms with Crippen molar-refractivity contribution in [3.05, 3.63) is 48.0 Å². The van der Waals surface area contributed by atoms with Crippen LogP contribution >= 0.6 is 0 Å². The minimum absolute atomic E-state index is 0.160. The number of aryl methyl sites for hydroxylation is 1. The van der Waals surface area contributed by atoms with Crippen molar-refractivity contribution in [1.82, 2.24) is 9.62 Å². The summed E-state index contributed by atoms with van der Waals surface area (Å²) in [7, 11) is 2.46. The predicted octanol–water partition coefficient (Wildman–Crippen LogP) is 2.47. The number of ether oxygens (including phenoxy) is 3. The van der Waals surface area contributed by atoms with Crippen molar-refractivity contribution in [2.45, 2.75) is 30.7 Å². The van der Waals surface area contributed by atoms with E-state index in [0.29, 0.717) is 29.2 Å². The first-order valence-corrected chi connectivity index (χ1v) is 11.3. The second kappa shape index (κ2) is 11.0. The van der Waals surface area contributed by atoms with Gasteiger partial charge in [-0.3, -0.25) is 4.79 Å². The minimum atomic E-state index is -3.57. The third-order valence-corrected chi connectivity index (χ3v) is 6.43. The van der Waals surface area contributed by atoms with Crippen molar-refractivity contribution in [2.24, 2.45) is 0 Å². The van der Waals surface area contributed by atoms with E-state index in [2.05, 4.69) is 5.32 Å². The summed E-state index contributed by atoms with van der Waals surface area (Å²) in [5.74, 6) is 1.60. The number of hydrogen-bond acceptors (Lipinski definition) is 6. The van der Waals surface area contributed by atoms with Crippen molar-refractivity contribution in [3.8, 4) is 17.2 Å². The molecule has 0 aliphatic rings. The number of benzene rings is 2. The maximum absolute atomic E-state index is 12.4. The van der Waals surface area contributed by atoms with Crippen molar-refractivity contribution in [3.63, 3.8) is 0 Å². The van der Waals surface area contributed by atoms with Gasteiger partial charge in [0.2, 0.25) is 15.9 Å². The quantitative estimate of drug-likeness (QED) is 0.565. The molecular weight excluding hydrogens is 420 g/mol. The van der Waals surface area contributed by atoms with Crippen LogP contribution in [-0.2, 0) is 21.2 Å². The number of rotatable bonds is 11. The number of para-hydroxylation sites is 2. The normalized spacial score (nSPS) is 12.3. The van der Waals surface area contributed by atoms with Gasteiger partial charge in [0.05, 0.1) is 25.2 Å². The summed E-state index contributed by atoms with van der Waals surface area (Å²) in [6.07, 6.45) is 0.521. The Morgan fingerprint density at radius 3 is 2.29 bits per heavy atom. The second-order valence-corrected chi connectivity index (χ2v) is 9.34. The average Bonchev–Trinajstić information content (AvgIpc) is 2.76. The molecule has 0 radical (unpaired) electrons. The second-order valence-electron chi connectivity index (χ2n) is 7.19. The Morgan fingerprint density at radius 1 is 1.03 bits per heavy atom. The van der Waals surface area contributed by atoms with Crippen LogP contribution in [0, 0.1) is 0 Å². The third-order valence-electron chi connectivity index (χ3n) is 4.62. The molecule has 8 nitrogen and oxygen atoms in total. The average molecular weight is 451 g/mol. The van der Waals surface area contributed by atoms with E-state index in [1.807, 2.05) is 19.1 Å². The fourth-order valence-corrected chi connectivity index (χ4v) is 3.86. The highest BCUT2D eigenvalue weighted by Gasteiger charge is 2.19. The summed E-state index contributed by atoms with van der Waals surface area (Å²) >= 11 is 0. The highest BCUT2D eigenvalue weighted by Crippen LogP contribution is 2.26. The monoisotopic (exact) mass is 450 g/mol. The van der Waals surface area contributed by atoms with E-state index in [1.165, 1.54) is 27.3 Å². The van der Waals surface area contributed by atoms with E-state index >= 15 is 0 Å². The molecule has 0 unspecified atom stereocenters. The number of hydrogen-bond donors (Lipinski definition) is 1. The Balaban J connectivity index is 1.95. The van der Waals surface area contributed by atoms with Crippen LogP contribution in [-0.4, -0.2) is 59.6 Å². The summed E-state index contributed by atoms with van der Waals surface area (Å²) in [6, 6.07) is 11.7. The van der Waals surface area contributed by atoms with Crippen molar-refractivity contribution in [2.75, 3.05) is 34.9 Å². The lowest BCUT2D eigenvalue weighted by Crippen LogP contribution is -2.36. The van der Waals surface area contributed by atoms with Crippen LogP contribution < -0.4 is 19.5 Å². The van der Waals surface area contributed by atoms with E-state index in [4.69, 9.17) is 14.2 Å². The summed E-state index contributed by atoms with van der Waals surface area (Å²) in [4.78, 5) is 12.6. The van der Waals surface area contributed by atoms with Gasteiger partial charge in [0.15, 0.2) is 11.5 Å². The molecule has 2 aromatic rings. The van der Waals surface area contributed by atoms with Crippen molar-refractivity contribution in [1.29, 1.82) is 0 Å². The third kappa shape index (κ3) is 6.60. The standard InChI is InChI=1S/C22H30N2O6S/c1-16(15-30-21-9-7-6-8-20(21)29-5)23-22(25)13-10-17-14-18(11-12-19(17)28-4)31(26,27)24(2)3/h6-9,11-12,14,16H,10,13,15H2,1-5H3,(H,23,25)/t16-/m1/s1. The van der Waals surface area contributed by atoms with E-state index in [9.17, 15) is 13.2 Å². The molecule has 0 aliphatic carbocycles. The van der Waals surface area contributed by atoms with Crippen LogP contribution in [0.3, 0.4) is 0 Å². The molecule has 2 aromatic carbocycles. The van der Waals surface area contributed by atoms with Gasteiger partial charge in [-0.2, -0.15) is 0 Å². The lowest BCUT2D eigenvalue weighted by molar-refractivity contribution is -0.121. The molecule has 0 aliphatic heterocycles. The lowest BCUT2D eigenvalue weighted by Gasteiger charge is -2.17. The lowest BCUT2D eigenvalue weighted by atomic mass is 10.1. The SMILES string of the molecule is COc1ccc(S(=O)(=O)N(C)C)cc1CCC(=O)N[C@H](C)COc1ccccc1OC. The molecule has 0 fully saturated rings. The van der Waals surface area contributed by atoms with Gasteiger partial charge in [-0.25, -0.2) is 12.7 Å². The summed E-state index contributed by atoms with van der Waals surface area (Å²) in [5.41, 5.74) is 0.651. The molecule has 0 spiro atoms. The van der Waals surface area contributed by atoms with Crippen molar-refractivity contribution >= 4 is 15.9 Å².